The highest BCUT2D eigenvalue weighted by Gasteiger charge is 2.42. The van der Waals surface area contributed by atoms with Gasteiger partial charge in [-0.3, -0.25) is 19.2 Å². The maximum absolute atomic E-state index is 14.9. The molecule has 0 spiro atoms. The van der Waals surface area contributed by atoms with E-state index in [1.165, 1.54) is 9.80 Å². The number of carbonyl (C=O) groups is 4. The lowest BCUT2D eigenvalue weighted by Gasteiger charge is -2.34. The van der Waals surface area contributed by atoms with Crippen LogP contribution in [0.4, 0.5) is 11.4 Å². The average Bonchev–Trinajstić information content (AvgIpc) is 3.16. The molecule has 0 saturated heterocycles. The number of halogens is 4. The van der Waals surface area contributed by atoms with Crippen LogP contribution in [-0.4, -0.2) is 23.6 Å². The summed E-state index contributed by atoms with van der Waals surface area (Å²) in [6, 6.07) is 18.0. The minimum absolute atomic E-state index is 0.00851. The predicted molar refractivity (Wildman–Crippen MR) is 239 cm³/mol. The van der Waals surface area contributed by atoms with E-state index >= 15 is 0 Å². The fourth-order valence-electron chi connectivity index (χ4n) is 9.41. The van der Waals surface area contributed by atoms with Crippen molar-refractivity contribution in [2.24, 2.45) is 0 Å². The van der Waals surface area contributed by atoms with Crippen molar-refractivity contribution >= 4 is 124 Å². The van der Waals surface area contributed by atoms with E-state index in [0.29, 0.717) is 54.5 Å². The first-order valence-electron chi connectivity index (χ1n) is 19.5. The molecule has 0 bridgehead atoms. The summed E-state index contributed by atoms with van der Waals surface area (Å²) in [5.74, 6) is -2.02. The summed E-state index contributed by atoms with van der Waals surface area (Å²) in [5.41, 5.74) is 5.50. The summed E-state index contributed by atoms with van der Waals surface area (Å²) >= 11 is 29.2. The first kappa shape index (κ1) is 38.8. The van der Waals surface area contributed by atoms with Crippen molar-refractivity contribution < 1.29 is 19.2 Å². The Morgan fingerprint density at radius 2 is 0.586 bits per heavy atom. The molecule has 0 fully saturated rings. The molecule has 0 aliphatic carbocycles. The smallest absolute Gasteiger partial charge is 0.266 e. The van der Waals surface area contributed by atoms with Crippen LogP contribution in [0.5, 0.6) is 0 Å². The lowest BCUT2D eigenvalue weighted by Crippen LogP contribution is -2.42. The number of amides is 4. The average molecular weight is 849 g/mol. The largest absolute Gasteiger partial charge is 0.268 e. The third-order valence-electron chi connectivity index (χ3n) is 12.0. The second-order valence-corrected chi connectivity index (χ2v) is 18.3. The van der Waals surface area contributed by atoms with E-state index in [2.05, 4.69) is 0 Å². The Kier molecular flexibility index (Phi) is 8.96. The van der Waals surface area contributed by atoms with Crippen LogP contribution in [-0.2, 0) is 0 Å². The van der Waals surface area contributed by atoms with E-state index in [0.717, 1.165) is 22.3 Å². The predicted octanol–water partition coefficient (Wildman–Crippen LogP) is 14.4. The number of fused-ring (bicyclic) bond motifs is 2. The van der Waals surface area contributed by atoms with Crippen LogP contribution < -0.4 is 9.80 Å². The van der Waals surface area contributed by atoms with Gasteiger partial charge in [0, 0.05) is 63.2 Å². The number of hydrogen-bond donors (Lipinski definition) is 0. The molecule has 10 heteroatoms. The zero-order valence-corrected chi connectivity index (χ0v) is 36.1. The molecule has 9 rings (SSSR count). The van der Waals surface area contributed by atoms with Gasteiger partial charge in [0.15, 0.2) is 0 Å². The van der Waals surface area contributed by atoms with Gasteiger partial charge in [0.2, 0.25) is 0 Å². The van der Waals surface area contributed by atoms with Gasteiger partial charge in [0.05, 0.1) is 33.6 Å². The fourth-order valence-corrected chi connectivity index (χ4v) is 10.6. The summed E-state index contributed by atoms with van der Waals surface area (Å²) < 4.78 is 0. The Morgan fingerprint density at radius 1 is 0.362 bits per heavy atom. The maximum Gasteiger partial charge on any atom is 0.266 e. The Balaban J connectivity index is 1.37. The van der Waals surface area contributed by atoms with E-state index in [4.69, 9.17) is 46.4 Å². The van der Waals surface area contributed by atoms with E-state index in [1.807, 2.05) is 91.8 Å². The van der Waals surface area contributed by atoms with Crippen molar-refractivity contribution in [3.05, 3.63) is 125 Å². The number of carbonyl (C=O) groups excluding carboxylic acids is 4. The van der Waals surface area contributed by atoms with Crippen LogP contribution >= 0.6 is 46.4 Å². The Bertz CT molecular complexity index is 2670. The number of para-hydroxylation sites is 2. The van der Waals surface area contributed by atoms with Crippen molar-refractivity contribution in [2.45, 2.75) is 79.1 Å². The minimum Gasteiger partial charge on any atom is -0.268 e. The number of anilines is 2. The molecule has 0 atom stereocenters. The molecule has 0 aromatic heterocycles. The normalized spacial score (nSPS) is 14.6. The van der Waals surface area contributed by atoms with Gasteiger partial charge < -0.3 is 0 Å². The lowest BCUT2D eigenvalue weighted by atomic mass is 9.81. The molecule has 2 aliphatic rings. The van der Waals surface area contributed by atoms with Crippen LogP contribution in [0.15, 0.2) is 60.7 Å². The second-order valence-electron chi connectivity index (χ2n) is 16.7. The number of imide groups is 2. The summed E-state index contributed by atoms with van der Waals surface area (Å²) in [6.45, 7) is 16.2. The molecule has 4 amide bonds. The van der Waals surface area contributed by atoms with Crippen molar-refractivity contribution in [1.82, 2.24) is 0 Å². The maximum atomic E-state index is 14.9. The van der Waals surface area contributed by atoms with Crippen LogP contribution in [0.3, 0.4) is 0 Å². The van der Waals surface area contributed by atoms with Gasteiger partial charge in [0.25, 0.3) is 23.6 Å². The summed E-state index contributed by atoms with van der Waals surface area (Å²) in [7, 11) is 0. The quantitative estimate of drug-likeness (QED) is 0.0949. The van der Waals surface area contributed by atoms with Crippen molar-refractivity contribution in [3.63, 3.8) is 0 Å². The summed E-state index contributed by atoms with van der Waals surface area (Å²) in [6.07, 6.45) is 0. The summed E-state index contributed by atoms with van der Waals surface area (Å²) in [4.78, 5) is 62.0. The molecule has 58 heavy (non-hydrogen) atoms. The van der Waals surface area contributed by atoms with Gasteiger partial charge in [-0.15, -0.1) is 0 Å². The fraction of sp³-hybridized carbons (Fsp3) is 0.250. The zero-order valence-electron chi connectivity index (χ0n) is 33.1. The number of nitrogens with zero attached hydrogens (tertiary/aromatic N) is 2. The Morgan fingerprint density at radius 3 is 0.793 bits per heavy atom. The monoisotopic (exact) mass is 846 g/mol. The van der Waals surface area contributed by atoms with Gasteiger partial charge >= 0.3 is 0 Å². The SMILES string of the molecule is CC(C)c1cccc(C(C)C)c1N1C(=O)c2cc(Cl)c3c4c(Cl)cc5c6c(cc(Cl)c(c7c(Cl)cc(c2c37)C1=O)c64)C(=O)N(c1c(C(C)C)cccc1C(C)C)C5=O. The van der Waals surface area contributed by atoms with Crippen LogP contribution in [0.25, 0.3) is 43.1 Å². The first-order valence-corrected chi connectivity index (χ1v) is 21.0. The molecule has 0 N–H and O–H groups in total. The molecule has 2 aliphatic heterocycles. The molecule has 0 radical (unpaired) electrons. The highest BCUT2D eigenvalue weighted by Crippen LogP contribution is 2.55. The van der Waals surface area contributed by atoms with Crippen LogP contribution in [0.2, 0.25) is 20.1 Å². The molecule has 6 nitrogen and oxygen atoms in total. The van der Waals surface area contributed by atoms with Gasteiger partial charge in [-0.1, -0.05) is 138 Å². The van der Waals surface area contributed by atoms with Crippen molar-refractivity contribution in [3.8, 4) is 0 Å². The molecular formula is C48H38Cl4N2O4. The van der Waals surface area contributed by atoms with Gasteiger partial charge in [-0.25, -0.2) is 9.80 Å². The Labute approximate surface area is 355 Å². The lowest BCUT2D eigenvalue weighted by molar-refractivity contribution is 0.0877. The zero-order chi connectivity index (χ0) is 41.5. The van der Waals surface area contributed by atoms with E-state index in [9.17, 15) is 19.2 Å². The second kappa shape index (κ2) is 13.4. The third kappa shape index (κ3) is 5.11. The highest BCUT2D eigenvalue weighted by molar-refractivity contribution is 6.57. The number of hydrogen-bond acceptors (Lipinski definition) is 4. The minimum atomic E-state index is -0.513. The molecular weight excluding hydrogens is 810 g/mol. The molecule has 292 valence electrons. The standard InChI is InChI=1S/C48H38Cl4N2O4/c1-19(2)23-11-9-12-24(20(3)4)43(23)53-45(55)27-15-31(49)37-39-33(51)17-29-36-30(48(58)54(47(29)57)44-25(21(5)6)13-10-14-26(44)22(7)8)18-34(52)40(42(36)39)38-32(50)16-28(46(53)56)35(27)41(37)38/h9-22H,1-8H3. The highest BCUT2D eigenvalue weighted by atomic mass is 35.5. The van der Waals surface area contributed by atoms with Gasteiger partial charge in [0.1, 0.15) is 0 Å². The topological polar surface area (TPSA) is 74.8 Å². The molecule has 0 unspecified atom stereocenters. The van der Waals surface area contributed by atoms with Crippen molar-refractivity contribution in [2.75, 3.05) is 9.80 Å². The third-order valence-corrected chi connectivity index (χ3v) is 13.2. The van der Waals surface area contributed by atoms with E-state index in [-0.39, 0.29) is 66.0 Å². The van der Waals surface area contributed by atoms with Gasteiger partial charge in [-0.05, 0) is 70.2 Å². The van der Waals surface area contributed by atoms with Crippen LogP contribution in [0, 0.1) is 0 Å². The van der Waals surface area contributed by atoms with Crippen LogP contribution in [0.1, 0.15) is 143 Å². The number of benzene rings is 7. The molecule has 7 aromatic carbocycles. The first-order chi connectivity index (χ1) is 27.5. The Hall–Kier alpha value is -4.72. The van der Waals surface area contributed by atoms with Crippen molar-refractivity contribution in [1.29, 1.82) is 0 Å². The van der Waals surface area contributed by atoms with E-state index < -0.39 is 23.6 Å². The van der Waals surface area contributed by atoms with Gasteiger partial charge in [-0.2, -0.15) is 0 Å². The number of rotatable bonds is 6. The van der Waals surface area contributed by atoms with E-state index in [1.54, 1.807) is 24.3 Å². The molecule has 2 heterocycles. The molecule has 0 saturated carbocycles. The molecule has 7 aromatic rings. The summed E-state index contributed by atoms with van der Waals surface area (Å²) in [5, 5.41) is 4.17.